The third kappa shape index (κ3) is 6.08. The molecule has 0 radical (unpaired) electrons. The normalized spacial score (nSPS) is 14.9. The van der Waals surface area contributed by atoms with Crippen molar-refractivity contribution < 1.29 is 14.8 Å². The molecule has 0 spiro atoms. The minimum atomic E-state index is -0.440. The smallest absolute Gasteiger partial charge is 0.321 e. The summed E-state index contributed by atoms with van der Waals surface area (Å²) < 4.78 is 0. The van der Waals surface area contributed by atoms with Gasteiger partial charge in [0.25, 0.3) is 5.69 Å². The summed E-state index contributed by atoms with van der Waals surface area (Å²) in [5, 5.41) is 28.3. The van der Waals surface area contributed by atoms with Crippen molar-refractivity contribution in [3.8, 4) is 17.0 Å². The number of nitro benzene ring substituents is 1. The second-order valence-electron chi connectivity index (χ2n) is 12.4. The maximum atomic E-state index is 12.9. The number of anilines is 1. The maximum Gasteiger partial charge on any atom is 0.321 e. The summed E-state index contributed by atoms with van der Waals surface area (Å²) in [5.41, 5.74) is 4.21. The SMILES string of the molecule is Cc1c(NC(=O)N2CCC(c3nc(-c4cc(C(C)(C)C)c(O)c(C(C)(C)C)c4)cs3)CC2)cccc1[N+](=O)[O-]. The fourth-order valence-corrected chi connectivity index (χ4v) is 6.01. The van der Waals surface area contributed by atoms with E-state index in [-0.39, 0.29) is 28.5 Å². The topological polar surface area (TPSA) is 109 Å². The van der Waals surface area contributed by atoms with E-state index < -0.39 is 4.92 Å². The number of hydrogen-bond donors (Lipinski definition) is 2. The summed E-state index contributed by atoms with van der Waals surface area (Å²) >= 11 is 1.64. The lowest BCUT2D eigenvalue weighted by Crippen LogP contribution is -2.40. The summed E-state index contributed by atoms with van der Waals surface area (Å²) in [4.78, 5) is 30.5. The number of phenolic OH excluding ortho intramolecular Hbond substituents is 1. The summed E-state index contributed by atoms with van der Waals surface area (Å²) in [6, 6.07) is 8.58. The van der Waals surface area contributed by atoms with Crippen LogP contribution < -0.4 is 5.32 Å². The van der Waals surface area contributed by atoms with Gasteiger partial charge in [-0.15, -0.1) is 11.3 Å². The molecule has 2 amide bonds. The number of rotatable bonds is 4. The van der Waals surface area contributed by atoms with Crippen molar-refractivity contribution in [2.45, 2.75) is 78.1 Å². The zero-order chi connectivity index (χ0) is 28.7. The monoisotopic (exact) mass is 550 g/mol. The molecule has 0 aliphatic carbocycles. The van der Waals surface area contributed by atoms with E-state index in [0.717, 1.165) is 40.2 Å². The Bertz CT molecular complexity index is 1360. The predicted molar refractivity (Wildman–Crippen MR) is 157 cm³/mol. The first kappa shape index (κ1) is 28.5. The first-order valence-corrected chi connectivity index (χ1v) is 14.2. The van der Waals surface area contributed by atoms with Crippen LogP contribution in [0.3, 0.4) is 0 Å². The number of carbonyl (C=O) groups is 1. The number of thiazole rings is 1. The van der Waals surface area contributed by atoms with E-state index in [9.17, 15) is 20.0 Å². The molecular weight excluding hydrogens is 512 g/mol. The molecule has 208 valence electrons. The van der Waals surface area contributed by atoms with Gasteiger partial charge in [0.2, 0.25) is 0 Å². The average molecular weight is 551 g/mol. The van der Waals surface area contributed by atoms with Crippen molar-refractivity contribution >= 4 is 28.7 Å². The lowest BCUT2D eigenvalue weighted by molar-refractivity contribution is -0.385. The number of amides is 2. The third-order valence-corrected chi connectivity index (χ3v) is 8.43. The number of likely N-dealkylation sites (tertiary alicyclic amines) is 1. The van der Waals surface area contributed by atoms with E-state index in [1.807, 2.05) is 0 Å². The van der Waals surface area contributed by atoms with Crippen molar-refractivity contribution in [2.75, 3.05) is 18.4 Å². The number of nitrogens with one attached hydrogen (secondary N) is 1. The zero-order valence-electron chi connectivity index (χ0n) is 23.8. The molecule has 0 bridgehead atoms. The van der Waals surface area contributed by atoms with Crippen LogP contribution in [-0.4, -0.2) is 39.0 Å². The van der Waals surface area contributed by atoms with Crippen LogP contribution in [0.15, 0.2) is 35.7 Å². The van der Waals surface area contributed by atoms with Crippen molar-refractivity contribution in [3.05, 3.63) is 67.5 Å². The number of urea groups is 1. The standard InChI is InChI=1S/C30H38N4O4S/c1-18-23(9-8-10-25(18)34(37)38)32-28(36)33-13-11-19(12-14-33)27-31-24(17-39-27)20-15-21(29(2,3)4)26(35)22(16-20)30(5,6)7/h8-10,15-17,19,35H,11-14H2,1-7H3,(H,32,36). The molecule has 2 N–H and O–H groups in total. The highest BCUT2D eigenvalue weighted by Crippen LogP contribution is 2.42. The second-order valence-corrected chi connectivity index (χ2v) is 13.3. The highest BCUT2D eigenvalue weighted by molar-refractivity contribution is 7.10. The zero-order valence-corrected chi connectivity index (χ0v) is 24.6. The number of nitro groups is 1. The van der Waals surface area contributed by atoms with Gasteiger partial charge in [-0.1, -0.05) is 47.6 Å². The maximum absolute atomic E-state index is 12.9. The predicted octanol–water partition coefficient (Wildman–Crippen LogP) is 7.74. The van der Waals surface area contributed by atoms with Gasteiger partial charge in [0, 0.05) is 47.1 Å². The molecule has 8 nitrogen and oxygen atoms in total. The van der Waals surface area contributed by atoms with Crippen LogP contribution in [0.2, 0.25) is 0 Å². The Morgan fingerprint density at radius 1 is 1.10 bits per heavy atom. The minimum Gasteiger partial charge on any atom is -0.507 e. The van der Waals surface area contributed by atoms with E-state index in [2.05, 4.69) is 64.4 Å². The molecule has 4 rings (SSSR count). The van der Waals surface area contributed by atoms with Gasteiger partial charge < -0.3 is 15.3 Å². The molecule has 2 aromatic carbocycles. The average Bonchev–Trinajstić information content (AvgIpc) is 3.34. The number of carbonyl (C=O) groups excluding carboxylic acids is 1. The molecule has 2 heterocycles. The van der Waals surface area contributed by atoms with Gasteiger partial charge in [-0.2, -0.15) is 0 Å². The van der Waals surface area contributed by atoms with Crippen LogP contribution in [0, 0.1) is 17.0 Å². The first-order chi connectivity index (χ1) is 18.2. The van der Waals surface area contributed by atoms with Crippen LogP contribution in [0.1, 0.15) is 82.0 Å². The summed E-state index contributed by atoms with van der Waals surface area (Å²) in [6.07, 6.45) is 1.59. The van der Waals surface area contributed by atoms with E-state index in [1.54, 1.807) is 35.3 Å². The summed E-state index contributed by atoms with van der Waals surface area (Å²) in [7, 11) is 0. The van der Waals surface area contributed by atoms with Gasteiger partial charge in [-0.25, -0.2) is 9.78 Å². The van der Waals surface area contributed by atoms with E-state index in [0.29, 0.717) is 30.1 Å². The van der Waals surface area contributed by atoms with Crippen LogP contribution in [0.4, 0.5) is 16.2 Å². The van der Waals surface area contributed by atoms with Crippen molar-refractivity contribution in [2.24, 2.45) is 0 Å². The Kier molecular flexibility index (Phi) is 7.76. The number of nitrogens with zero attached hydrogens (tertiary/aromatic N) is 3. The summed E-state index contributed by atoms with van der Waals surface area (Å²) in [5.74, 6) is 0.619. The number of aromatic nitrogens is 1. The second kappa shape index (κ2) is 10.6. The van der Waals surface area contributed by atoms with Crippen molar-refractivity contribution in [3.63, 3.8) is 0 Å². The number of hydrogen-bond acceptors (Lipinski definition) is 6. The number of aromatic hydroxyl groups is 1. The van der Waals surface area contributed by atoms with Gasteiger partial charge in [0.15, 0.2) is 0 Å². The van der Waals surface area contributed by atoms with E-state index >= 15 is 0 Å². The first-order valence-electron chi connectivity index (χ1n) is 13.3. The molecule has 0 unspecified atom stereocenters. The fourth-order valence-electron chi connectivity index (χ4n) is 5.01. The van der Waals surface area contributed by atoms with E-state index in [4.69, 9.17) is 4.98 Å². The molecule has 1 saturated heterocycles. The molecule has 0 atom stereocenters. The van der Waals surface area contributed by atoms with Crippen LogP contribution in [0.25, 0.3) is 11.3 Å². The molecular formula is C30H38N4O4S. The minimum absolute atomic E-state index is 0.0102. The molecule has 1 aliphatic heterocycles. The largest absolute Gasteiger partial charge is 0.507 e. The van der Waals surface area contributed by atoms with Crippen LogP contribution >= 0.6 is 11.3 Å². The highest BCUT2D eigenvalue weighted by atomic mass is 32.1. The Hall–Kier alpha value is -3.46. The number of benzene rings is 2. The van der Waals surface area contributed by atoms with Gasteiger partial charge in [-0.3, -0.25) is 10.1 Å². The molecule has 1 aromatic heterocycles. The molecule has 3 aromatic rings. The quantitative estimate of drug-likeness (QED) is 0.255. The van der Waals surface area contributed by atoms with Gasteiger partial charge in [-0.05, 0) is 48.8 Å². The molecule has 1 fully saturated rings. The fraction of sp³-hybridized carbons (Fsp3) is 0.467. The van der Waals surface area contributed by atoms with Crippen molar-refractivity contribution in [1.82, 2.24) is 9.88 Å². The van der Waals surface area contributed by atoms with Gasteiger partial charge in [0.05, 0.1) is 26.9 Å². The number of piperidine rings is 1. The van der Waals surface area contributed by atoms with Gasteiger partial charge >= 0.3 is 6.03 Å². The van der Waals surface area contributed by atoms with Gasteiger partial charge in [0.1, 0.15) is 5.75 Å². The van der Waals surface area contributed by atoms with Crippen LogP contribution in [-0.2, 0) is 10.8 Å². The van der Waals surface area contributed by atoms with Crippen molar-refractivity contribution in [1.29, 1.82) is 0 Å². The highest BCUT2D eigenvalue weighted by Gasteiger charge is 2.29. The Morgan fingerprint density at radius 3 is 2.23 bits per heavy atom. The lowest BCUT2D eigenvalue weighted by Gasteiger charge is -2.31. The molecule has 0 saturated carbocycles. The molecule has 39 heavy (non-hydrogen) atoms. The van der Waals surface area contributed by atoms with Crippen LogP contribution in [0.5, 0.6) is 5.75 Å². The molecule has 9 heteroatoms. The summed E-state index contributed by atoms with van der Waals surface area (Å²) in [6.45, 7) is 15.4. The number of phenols is 1. The lowest BCUT2D eigenvalue weighted by atomic mass is 9.78. The Labute approximate surface area is 234 Å². The van der Waals surface area contributed by atoms with E-state index in [1.165, 1.54) is 6.07 Å². The molecule has 1 aliphatic rings. The third-order valence-electron chi connectivity index (χ3n) is 7.42. The Balaban J connectivity index is 1.48. The Morgan fingerprint density at radius 2 is 1.69 bits per heavy atom.